The van der Waals surface area contributed by atoms with Crippen LogP contribution in [-0.4, -0.2) is 19.3 Å². The van der Waals surface area contributed by atoms with E-state index in [4.69, 9.17) is 15.2 Å². The summed E-state index contributed by atoms with van der Waals surface area (Å²) in [5.41, 5.74) is 5.84. The van der Waals surface area contributed by atoms with Crippen LogP contribution in [0.2, 0.25) is 0 Å². The Hall–Kier alpha value is -1.22. The maximum Gasteiger partial charge on any atom is 0.122 e. The van der Waals surface area contributed by atoms with Gasteiger partial charge in [-0.15, -0.1) is 0 Å². The van der Waals surface area contributed by atoms with E-state index in [9.17, 15) is 0 Å². The average molecular weight is 237 g/mol. The fraction of sp³-hybridized carbons (Fsp3) is 0.571. The van der Waals surface area contributed by atoms with Crippen LogP contribution in [0.15, 0.2) is 24.3 Å². The molecule has 0 fully saturated rings. The van der Waals surface area contributed by atoms with Crippen molar-refractivity contribution in [3.8, 4) is 11.5 Å². The minimum Gasteiger partial charge on any atom is -0.494 e. The third kappa shape index (κ3) is 5.59. The standard InChI is InChI=1S/C14H23NO2/c1-3-12(15)7-6-10-17-14-9-5-8-13(11-14)16-4-2/h5,8-9,11-12H,3-4,6-7,10,15H2,1-2H3. The van der Waals surface area contributed by atoms with Gasteiger partial charge in [-0.25, -0.2) is 0 Å². The van der Waals surface area contributed by atoms with Crippen molar-refractivity contribution in [3.63, 3.8) is 0 Å². The van der Waals surface area contributed by atoms with Gasteiger partial charge >= 0.3 is 0 Å². The Morgan fingerprint density at radius 2 is 1.88 bits per heavy atom. The molecule has 0 saturated carbocycles. The number of benzene rings is 1. The Balaban J connectivity index is 2.28. The molecule has 0 aliphatic rings. The number of nitrogens with two attached hydrogens (primary N) is 1. The summed E-state index contributed by atoms with van der Waals surface area (Å²) >= 11 is 0. The molecule has 1 atom stereocenters. The van der Waals surface area contributed by atoms with Gasteiger partial charge in [0.15, 0.2) is 0 Å². The lowest BCUT2D eigenvalue weighted by Gasteiger charge is -2.10. The van der Waals surface area contributed by atoms with Gasteiger partial charge in [-0.2, -0.15) is 0 Å². The summed E-state index contributed by atoms with van der Waals surface area (Å²) in [4.78, 5) is 0. The Morgan fingerprint density at radius 1 is 1.18 bits per heavy atom. The maximum atomic E-state index is 5.84. The summed E-state index contributed by atoms with van der Waals surface area (Å²) in [6.45, 7) is 5.47. The second kappa shape index (κ2) is 7.96. The molecule has 1 aromatic carbocycles. The maximum absolute atomic E-state index is 5.84. The van der Waals surface area contributed by atoms with Gasteiger partial charge < -0.3 is 15.2 Å². The molecule has 0 saturated heterocycles. The van der Waals surface area contributed by atoms with Crippen LogP contribution in [0, 0.1) is 0 Å². The Kier molecular flexibility index (Phi) is 6.48. The molecule has 0 aromatic heterocycles. The molecule has 1 rings (SSSR count). The zero-order valence-electron chi connectivity index (χ0n) is 10.8. The lowest BCUT2D eigenvalue weighted by molar-refractivity contribution is 0.295. The minimum absolute atomic E-state index is 0.299. The van der Waals surface area contributed by atoms with Crippen LogP contribution in [0.1, 0.15) is 33.1 Å². The molecule has 1 aromatic rings. The number of hydrogen-bond acceptors (Lipinski definition) is 3. The molecule has 0 spiro atoms. The van der Waals surface area contributed by atoms with Crippen molar-refractivity contribution in [1.29, 1.82) is 0 Å². The summed E-state index contributed by atoms with van der Waals surface area (Å²) in [5, 5.41) is 0. The molecule has 17 heavy (non-hydrogen) atoms. The topological polar surface area (TPSA) is 44.5 Å². The summed E-state index contributed by atoms with van der Waals surface area (Å²) < 4.78 is 11.1. The summed E-state index contributed by atoms with van der Waals surface area (Å²) in [5.74, 6) is 1.72. The van der Waals surface area contributed by atoms with Gasteiger partial charge in [0.25, 0.3) is 0 Å². The van der Waals surface area contributed by atoms with Gasteiger partial charge in [-0.1, -0.05) is 13.0 Å². The van der Waals surface area contributed by atoms with E-state index in [0.717, 1.165) is 30.8 Å². The fourth-order valence-corrected chi connectivity index (χ4v) is 1.56. The highest BCUT2D eigenvalue weighted by molar-refractivity contribution is 5.32. The van der Waals surface area contributed by atoms with Crippen molar-refractivity contribution < 1.29 is 9.47 Å². The van der Waals surface area contributed by atoms with E-state index >= 15 is 0 Å². The second-order valence-electron chi connectivity index (χ2n) is 4.07. The SMILES string of the molecule is CCOc1cccc(OCCCC(N)CC)c1. The molecule has 96 valence electrons. The van der Waals surface area contributed by atoms with Crippen molar-refractivity contribution in [1.82, 2.24) is 0 Å². The molecule has 3 heteroatoms. The molecule has 0 aliphatic heterocycles. The van der Waals surface area contributed by atoms with E-state index in [1.54, 1.807) is 0 Å². The van der Waals surface area contributed by atoms with Gasteiger partial charge in [0.05, 0.1) is 13.2 Å². The van der Waals surface area contributed by atoms with E-state index < -0.39 is 0 Å². The summed E-state index contributed by atoms with van der Waals surface area (Å²) in [7, 11) is 0. The smallest absolute Gasteiger partial charge is 0.122 e. The van der Waals surface area contributed by atoms with Crippen LogP contribution < -0.4 is 15.2 Å². The quantitative estimate of drug-likeness (QED) is 0.707. The van der Waals surface area contributed by atoms with E-state index in [0.29, 0.717) is 19.3 Å². The van der Waals surface area contributed by atoms with Crippen LogP contribution in [0.25, 0.3) is 0 Å². The van der Waals surface area contributed by atoms with Crippen LogP contribution >= 0.6 is 0 Å². The molecule has 0 radical (unpaired) electrons. The zero-order chi connectivity index (χ0) is 12.5. The predicted molar refractivity (Wildman–Crippen MR) is 70.6 cm³/mol. The Labute approximate surface area is 104 Å². The van der Waals surface area contributed by atoms with Crippen molar-refractivity contribution >= 4 is 0 Å². The first kappa shape index (κ1) is 13.8. The largest absolute Gasteiger partial charge is 0.494 e. The van der Waals surface area contributed by atoms with Crippen LogP contribution in [0.5, 0.6) is 11.5 Å². The molecular formula is C14H23NO2. The first-order chi connectivity index (χ1) is 8.26. The molecule has 2 N–H and O–H groups in total. The van der Waals surface area contributed by atoms with E-state index in [1.807, 2.05) is 31.2 Å². The van der Waals surface area contributed by atoms with Gasteiger partial charge in [0.1, 0.15) is 11.5 Å². The first-order valence-corrected chi connectivity index (χ1v) is 6.37. The molecule has 3 nitrogen and oxygen atoms in total. The first-order valence-electron chi connectivity index (χ1n) is 6.37. The highest BCUT2D eigenvalue weighted by Gasteiger charge is 2.00. The highest BCUT2D eigenvalue weighted by atomic mass is 16.5. The molecule has 1 unspecified atom stereocenters. The molecule has 0 bridgehead atoms. The normalized spacial score (nSPS) is 12.2. The average Bonchev–Trinajstić information content (AvgIpc) is 2.35. The van der Waals surface area contributed by atoms with Crippen LogP contribution in [0.4, 0.5) is 0 Å². The third-order valence-electron chi connectivity index (χ3n) is 2.63. The molecule has 0 aliphatic carbocycles. The van der Waals surface area contributed by atoms with Crippen molar-refractivity contribution in [2.75, 3.05) is 13.2 Å². The molecular weight excluding hydrogens is 214 g/mol. The summed E-state index contributed by atoms with van der Waals surface area (Å²) in [6.07, 6.45) is 3.04. The second-order valence-corrected chi connectivity index (χ2v) is 4.07. The van der Waals surface area contributed by atoms with Crippen molar-refractivity contribution in [2.45, 2.75) is 39.2 Å². The highest BCUT2D eigenvalue weighted by Crippen LogP contribution is 2.19. The number of rotatable bonds is 8. The zero-order valence-corrected chi connectivity index (χ0v) is 10.8. The monoisotopic (exact) mass is 237 g/mol. The Morgan fingerprint density at radius 3 is 2.53 bits per heavy atom. The van der Waals surface area contributed by atoms with Gasteiger partial charge in [0.2, 0.25) is 0 Å². The van der Waals surface area contributed by atoms with E-state index in [1.165, 1.54) is 0 Å². The van der Waals surface area contributed by atoms with Gasteiger partial charge in [-0.05, 0) is 38.3 Å². The van der Waals surface area contributed by atoms with E-state index in [2.05, 4.69) is 6.92 Å². The van der Waals surface area contributed by atoms with Crippen LogP contribution in [0.3, 0.4) is 0 Å². The molecule has 0 heterocycles. The minimum atomic E-state index is 0.299. The molecule has 0 amide bonds. The van der Waals surface area contributed by atoms with Crippen LogP contribution in [-0.2, 0) is 0 Å². The predicted octanol–water partition coefficient (Wildman–Crippen LogP) is 2.98. The fourth-order valence-electron chi connectivity index (χ4n) is 1.56. The van der Waals surface area contributed by atoms with Crippen molar-refractivity contribution in [3.05, 3.63) is 24.3 Å². The van der Waals surface area contributed by atoms with Crippen molar-refractivity contribution in [2.24, 2.45) is 5.73 Å². The third-order valence-corrected chi connectivity index (χ3v) is 2.63. The summed E-state index contributed by atoms with van der Waals surface area (Å²) in [6, 6.07) is 8.04. The van der Waals surface area contributed by atoms with Gasteiger partial charge in [-0.3, -0.25) is 0 Å². The number of hydrogen-bond donors (Lipinski definition) is 1. The lowest BCUT2D eigenvalue weighted by Crippen LogP contribution is -2.19. The van der Waals surface area contributed by atoms with Gasteiger partial charge in [0, 0.05) is 12.1 Å². The Bertz CT molecular complexity index is 315. The van der Waals surface area contributed by atoms with E-state index in [-0.39, 0.29) is 0 Å². The number of ether oxygens (including phenoxy) is 2. The lowest BCUT2D eigenvalue weighted by atomic mass is 10.1.